The largest absolute Gasteiger partial charge is 0.462 e. The number of carbonyl (C=O) groups excluding carboxylic acids is 3. The van der Waals surface area contributed by atoms with Crippen molar-refractivity contribution in [2.75, 3.05) is 13.2 Å². The van der Waals surface area contributed by atoms with Crippen LogP contribution in [0.25, 0.3) is 0 Å². The van der Waals surface area contributed by atoms with Gasteiger partial charge in [-0.2, -0.15) is 0 Å². The summed E-state index contributed by atoms with van der Waals surface area (Å²) < 4.78 is 16.9. The third-order valence-corrected chi connectivity index (χ3v) is 13.7. The summed E-state index contributed by atoms with van der Waals surface area (Å²) in [6.07, 6.45) is 81.5. The highest BCUT2D eigenvalue weighted by molar-refractivity contribution is 5.71. The summed E-state index contributed by atoms with van der Waals surface area (Å²) in [5.74, 6) is -0.909. The van der Waals surface area contributed by atoms with Gasteiger partial charge in [0.2, 0.25) is 0 Å². The van der Waals surface area contributed by atoms with Crippen molar-refractivity contribution in [3.8, 4) is 0 Å². The van der Waals surface area contributed by atoms with Gasteiger partial charge in [0.25, 0.3) is 0 Å². The van der Waals surface area contributed by atoms with E-state index in [0.29, 0.717) is 19.3 Å². The zero-order valence-electron chi connectivity index (χ0n) is 48.8. The molecule has 6 heteroatoms. The van der Waals surface area contributed by atoms with Crippen molar-refractivity contribution < 1.29 is 28.6 Å². The Labute approximate surface area is 458 Å². The minimum atomic E-state index is -0.792. The molecule has 6 nitrogen and oxygen atoms in total. The molecule has 0 aliphatic heterocycles. The lowest BCUT2D eigenvalue weighted by Crippen LogP contribution is -2.30. The van der Waals surface area contributed by atoms with E-state index in [2.05, 4.69) is 106 Å². The molecule has 0 fully saturated rings. The second-order valence-electron chi connectivity index (χ2n) is 21.0. The van der Waals surface area contributed by atoms with Gasteiger partial charge in [-0.3, -0.25) is 14.4 Å². The van der Waals surface area contributed by atoms with Crippen LogP contribution < -0.4 is 0 Å². The molecule has 0 heterocycles. The fourth-order valence-corrected chi connectivity index (χ4v) is 8.93. The van der Waals surface area contributed by atoms with E-state index < -0.39 is 6.10 Å². The smallest absolute Gasteiger partial charge is 0.306 e. The van der Waals surface area contributed by atoms with Crippen LogP contribution in [0, 0.1) is 0 Å². The first-order valence-electron chi connectivity index (χ1n) is 31.6. The summed E-state index contributed by atoms with van der Waals surface area (Å²) in [5, 5.41) is 0. The van der Waals surface area contributed by atoms with E-state index >= 15 is 0 Å². The van der Waals surface area contributed by atoms with E-state index in [1.165, 1.54) is 173 Å². The molecule has 0 rings (SSSR count). The number of rotatable bonds is 57. The van der Waals surface area contributed by atoms with Crippen molar-refractivity contribution in [1.29, 1.82) is 0 Å². The van der Waals surface area contributed by atoms with Crippen LogP contribution in [-0.4, -0.2) is 37.2 Å². The molecular weight excluding hydrogens is 913 g/mol. The Morgan fingerprint density at radius 2 is 0.568 bits per heavy atom. The topological polar surface area (TPSA) is 78.9 Å². The van der Waals surface area contributed by atoms with E-state index in [4.69, 9.17) is 14.2 Å². The van der Waals surface area contributed by atoms with Crippen LogP contribution in [0.5, 0.6) is 0 Å². The highest BCUT2D eigenvalue weighted by atomic mass is 16.6. The molecule has 1 unspecified atom stereocenters. The minimum Gasteiger partial charge on any atom is -0.462 e. The van der Waals surface area contributed by atoms with Gasteiger partial charge in [0.05, 0.1) is 0 Å². The van der Waals surface area contributed by atoms with Crippen molar-refractivity contribution in [2.45, 2.75) is 316 Å². The third kappa shape index (κ3) is 59.5. The van der Waals surface area contributed by atoms with Gasteiger partial charge in [-0.15, -0.1) is 0 Å². The summed E-state index contributed by atoms with van der Waals surface area (Å²) in [6.45, 7) is 6.51. The van der Waals surface area contributed by atoms with E-state index in [-0.39, 0.29) is 31.1 Å². The molecule has 0 aromatic heterocycles. The summed E-state index contributed by atoms with van der Waals surface area (Å²) in [4.78, 5) is 38.3. The molecule has 0 radical (unpaired) electrons. The Bertz CT molecular complexity index is 1420. The number of ether oxygens (including phenoxy) is 3. The van der Waals surface area contributed by atoms with Crippen molar-refractivity contribution >= 4 is 17.9 Å². The van der Waals surface area contributed by atoms with E-state index in [9.17, 15) is 14.4 Å². The van der Waals surface area contributed by atoms with Crippen LogP contribution in [0.2, 0.25) is 0 Å². The monoisotopic (exact) mass is 1030 g/mol. The fourth-order valence-electron chi connectivity index (χ4n) is 8.93. The lowest BCUT2D eigenvalue weighted by atomic mass is 10.0. The molecule has 0 aliphatic rings. The molecule has 0 saturated carbocycles. The Kier molecular flexibility index (Phi) is 59.3. The van der Waals surface area contributed by atoms with Crippen LogP contribution in [0.1, 0.15) is 310 Å². The van der Waals surface area contributed by atoms with Crippen LogP contribution in [0.3, 0.4) is 0 Å². The molecule has 1 atom stereocenters. The molecule has 74 heavy (non-hydrogen) atoms. The first-order valence-corrected chi connectivity index (χ1v) is 31.6. The molecule has 0 spiro atoms. The molecule has 0 amide bonds. The molecule has 0 aromatic carbocycles. The molecule has 0 N–H and O–H groups in total. The molecule has 426 valence electrons. The predicted octanol–water partition coefficient (Wildman–Crippen LogP) is 21.5. The Morgan fingerprint density at radius 3 is 0.946 bits per heavy atom. The molecule has 0 bridgehead atoms. The van der Waals surface area contributed by atoms with Gasteiger partial charge in [-0.25, -0.2) is 0 Å². The number of hydrogen-bond donors (Lipinski definition) is 0. The van der Waals surface area contributed by atoms with Crippen LogP contribution in [-0.2, 0) is 28.6 Å². The summed E-state index contributed by atoms with van der Waals surface area (Å²) in [5.41, 5.74) is 0. The maximum atomic E-state index is 12.9. The third-order valence-electron chi connectivity index (χ3n) is 13.7. The maximum Gasteiger partial charge on any atom is 0.306 e. The number of unbranched alkanes of at least 4 members (excludes halogenated alkanes) is 33. The number of carbonyl (C=O) groups is 3. The van der Waals surface area contributed by atoms with Crippen LogP contribution >= 0.6 is 0 Å². The quantitative estimate of drug-likeness (QED) is 0.0199. The highest BCUT2D eigenvalue weighted by Crippen LogP contribution is 2.17. The first-order chi connectivity index (χ1) is 36.5. The first kappa shape index (κ1) is 70.6. The van der Waals surface area contributed by atoms with Gasteiger partial charge < -0.3 is 14.2 Å². The SMILES string of the molecule is CC/C=C\C/C=C\C/C=C\C/C=C\C/C=C\CCCCCC(=O)OCC(COC(=O)CCCCCCCCCCCCCCCCCCCC)OC(=O)CCCCCCCCCCCC/C=C\C=C/CCCCC. The van der Waals surface area contributed by atoms with Gasteiger partial charge in [-0.05, 0) is 89.9 Å². The second-order valence-corrected chi connectivity index (χ2v) is 21.0. The van der Waals surface area contributed by atoms with E-state index in [1.54, 1.807) is 0 Å². The molecule has 0 aromatic rings. The predicted molar refractivity (Wildman–Crippen MR) is 321 cm³/mol. The zero-order valence-corrected chi connectivity index (χ0v) is 48.8. The number of allylic oxidation sites excluding steroid dienone is 14. The fraction of sp³-hybridized carbons (Fsp3) is 0.750. The average Bonchev–Trinajstić information content (AvgIpc) is 3.40. The molecule has 0 aliphatic carbocycles. The standard InChI is InChI=1S/C68H118O6/c1-4-7-10-13-16-19-22-25-28-31-34-37-40-43-46-49-52-55-58-61-67(70)73-64-65(63-72-66(69)60-57-54-51-48-45-42-39-36-33-30-27-24-21-18-15-12-9-6-3)74-68(71)62-59-56-53-50-47-44-41-38-35-32-29-26-23-20-17-14-11-8-5-2/h7,10,16-17,19-20,23,25-26,28,34,37,43,46,65H,4-6,8-9,11-15,18,21-22,24,27,29-33,35-36,38-42,44-45,47-64H2,1-3H3/b10-7-,19-16-,20-17-,26-23-,28-25-,37-34-,46-43-. The lowest BCUT2D eigenvalue weighted by Gasteiger charge is -2.18. The van der Waals surface area contributed by atoms with Crippen LogP contribution in [0.4, 0.5) is 0 Å². The van der Waals surface area contributed by atoms with Gasteiger partial charge in [0.15, 0.2) is 6.10 Å². The van der Waals surface area contributed by atoms with Gasteiger partial charge in [0, 0.05) is 19.3 Å². The lowest BCUT2D eigenvalue weighted by molar-refractivity contribution is -0.167. The summed E-state index contributed by atoms with van der Waals surface area (Å²) in [7, 11) is 0. The van der Waals surface area contributed by atoms with E-state index in [0.717, 1.165) is 96.3 Å². The summed E-state index contributed by atoms with van der Waals surface area (Å²) >= 11 is 0. The van der Waals surface area contributed by atoms with E-state index in [1.807, 2.05) is 0 Å². The van der Waals surface area contributed by atoms with Crippen molar-refractivity contribution in [2.24, 2.45) is 0 Å². The minimum absolute atomic E-state index is 0.0859. The molecular formula is C68H118O6. The van der Waals surface area contributed by atoms with Gasteiger partial charge in [0.1, 0.15) is 13.2 Å². The van der Waals surface area contributed by atoms with Crippen LogP contribution in [0.15, 0.2) is 85.1 Å². The molecule has 0 saturated heterocycles. The van der Waals surface area contributed by atoms with Gasteiger partial charge in [-0.1, -0.05) is 286 Å². The normalized spacial score (nSPS) is 12.6. The Balaban J connectivity index is 4.43. The van der Waals surface area contributed by atoms with Crippen molar-refractivity contribution in [1.82, 2.24) is 0 Å². The Hall–Kier alpha value is -3.41. The number of esters is 3. The van der Waals surface area contributed by atoms with Crippen molar-refractivity contribution in [3.63, 3.8) is 0 Å². The Morgan fingerprint density at radius 1 is 0.297 bits per heavy atom. The second kappa shape index (κ2) is 62.1. The summed E-state index contributed by atoms with van der Waals surface area (Å²) in [6, 6.07) is 0. The zero-order chi connectivity index (χ0) is 53.6. The maximum absolute atomic E-state index is 12.9. The highest BCUT2D eigenvalue weighted by Gasteiger charge is 2.19. The number of hydrogen-bond acceptors (Lipinski definition) is 6. The van der Waals surface area contributed by atoms with Crippen molar-refractivity contribution in [3.05, 3.63) is 85.1 Å². The van der Waals surface area contributed by atoms with Gasteiger partial charge >= 0.3 is 17.9 Å². The average molecular weight is 1030 g/mol.